The zero-order valence-electron chi connectivity index (χ0n) is 17.3. The summed E-state index contributed by atoms with van der Waals surface area (Å²) >= 11 is 0. The van der Waals surface area contributed by atoms with Gasteiger partial charge in [0.25, 0.3) is 5.91 Å². The summed E-state index contributed by atoms with van der Waals surface area (Å²) in [6, 6.07) is 14.6. The average Bonchev–Trinajstić information content (AvgIpc) is 2.76. The number of hydrogen-bond acceptors (Lipinski definition) is 6. The molecule has 0 aliphatic carbocycles. The molecule has 0 unspecified atom stereocenters. The normalized spacial score (nSPS) is 10.7. The Morgan fingerprint density at radius 1 is 1.10 bits per heavy atom. The zero-order valence-corrected chi connectivity index (χ0v) is 17.3. The van der Waals surface area contributed by atoms with Crippen molar-refractivity contribution in [3.8, 4) is 6.07 Å². The Hall–Kier alpha value is -4.12. The van der Waals surface area contributed by atoms with Crippen LogP contribution in [0.3, 0.4) is 0 Å². The van der Waals surface area contributed by atoms with Gasteiger partial charge in [-0.3, -0.25) is 9.59 Å². The first-order valence-electron chi connectivity index (χ1n) is 9.65. The first kappa shape index (κ1) is 23.2. The molecule has 0 atom stereocenters. The molecule has 160 valence electrons. The molecular formula is C23H23N3O5. The molecule has 0 saturated heterocycles. The molecule has 31 heavy (non-hydrogen) atoms. The molecule has 0 fully saturated rings. The van der Waals surface area contributed by atoms with Crippen LogP contribution >= 0.6 is 0 Å². The van der Waals surface area contributed by atoms with Gasteiger partial charge in [0.15, 0.2) is 0 Å². The van der Waals surface area contributed by atoms with Gasteiger partial charge in [0.1, 0.15) is 18.2 Å². The monoisotopic (exact) mass is 421 g/mol. The number of nitriles is 1. The number of carboxylic acids is 1. The van der Waals surface area contributed by atoms with Crippen LogP contribution in [0.5, 0.6) is 0 Å². The summed E-state index contributed by atoms with van der Waals surface area (Å²) in [6.45, 7) is 4.74. The predicted octanol–water partition coefficient (Wildman–Crippen LogP) is 3.32. The van der Waals surface area contributed by atoms with Gasteiger partial charge in [-0.25, -0.2) is 4.79 Å². The highest BCUT2D eigenvalue weighted by Gasteiger charge is 2.12. The number of amides is 1. The number of anilines is 2. The minimum atomic E-state index is -1.07. The Morgan fingerprint density at radius 2 is 1.74 bits per heavy atom. The number of likely N-dealkylation sites (N-methyl/N-ethyl adjacent to an activating group) is 1. The molecular weight excluding hydrogens is 398 g/mol. The van der Waals surface area contributed by atoms with Gasteiger partial charge in [0.2, 0.25) is 0 Å². The molecule has 0 aromatic heterocycles. The third-order valence-electron chi connectivity index (χ3n) is 4.33. The molecule has 8 nitrogen and oxygen atoms in total. The van der Waals surface area contributed by atoms with Crippen LogP contribution in [-0.4, -0.2) is 42.6 Å². The highest BCUT2D eigenvalue weighted by molar-refractivity contribution is 6.09. The Bertz CT molecular complexity index is 1010. The van der Waals surface area contributed by atoms with Gasteiger partial charge in [0, 0.05) is 17.9 Å². The van der Waals surface area contributed by atoms with Gasteiger partial charge in [-0.15, -0.1) is 0 Å². The molecule has 8 heteroatoms. The van der Waals surface area contributed by atoms with Gasteiger partial charge < -0.3 is 20.1 Å². The highest BCUT2D eigenvalue weighted by atomic mass is 16.5. The summed E-state index contributed by atoms with van der Waals surface area (Å²) in [6.07, 6.45) is 1.45. The summed E-state index contributed by atoms with van der Waals surface area (Å²) < 4.78 is 4.98. The summed E-state index contributed by atoms with van der Waals surface area (Å²) in [5.41, 5.74) is 1.83. The van der Waals surface area contributed by atoms with E-state index in [0.29, 0.717) is 24.4 Å². The number of ether oxygens (including phenoxy) is 1. The lowest BCUT2D eigenvalue weighted by Crippen LogP contribution is -2.30. The molecule has 0 saturated carbocycles. The zero-order chi connectivity index (χ0) is 22.8. The summed E-state index contributed by atoms with van der Waals surface area (Å²) in [4.78, 5) is 36.9. The number of rotatable bonds is 9. The molecule has 1 amide bonds. The third kappa shape index (κ3) is 6.72. The van der Waals surface area contributed by atoms with E-state index in [-0.39, 0.29) is 23.7 Å². The van der Waals surface area contributed by atoms with Crippen LogP contribution in [0.4, 0.5) is 11.4 Å². The van der Waals surface area contributed by atoms with Gasteiger partial charge in [-0.2, -0.15) is 5.26 Å². The maximum Gasteiger partial charge on any atom is 0.335 e. The van der Waals surface area contributed by atoms with Crippen molar-refractivity contribution < 1.29 is 24.2 Å². The Kier molecular flexibility index (Phi) is 8.34. The van der Waals surface area contributed by atoms with E-state index in [4.69, 9.17) is 9.84 Å². The molecule has 0 aliphatic heterocycles. The number of carbonyl (C=O) groups is 3. The Labute approximate surface area is 180 Å². The van der Waals surface area contributed by atoms with Crippen molar-refractivity contribution in [1.29, 1.82) is 5.26 Å². The van der Waals surface area contributed by atoms with Crippen molar-refractivity contribution in [2.45, 2.75) is 13.8 Å². The molecule has 0 aliphatic rings. The molecule has 0 radical (unpaired) electrons. The van der Waals surface area contributed by atoms with Crippen LogP contribution < -0.4 is 10.2 Å². The molecule has 2 N–H and O–H groups in total. The summed E-state index contributed by atoms with van der Waals surface area (Å²) in [5.74, 6) is -1.98. The molecule has 0 spiro atoms. The fourth-order valence-corrected chi connectivity index (χ4v) is 2.74. The van der Waals surface area contributed by atoms with Crippen molar-refractivity contribution in [3.05, 3.63) is 65.2 Å². The largest absolute Gasteiger partial charge is 0.478 e. The van der Waals surface area contributed by atoms with Gasteiger partial charge in [-0.1, -0.05) is 12.1 Å². The number of esters is 1. The van der Waals surface area contributed by atoms with E-state index < -0.39 is 11.9 Å². The topological polar surface area (TPSA) is 120 Å². The summed E-state index contributed by atoms with van der Waals surface area (Å²) in [7, 11) is 0. The molecule has 2 rings (SSSR count). The third-order valence-corrected chi connectivity index (χ3v) is 4.33. The van der Waals surface area contributed by atoms with E-state index in [1.807, 2.05) is 17.9 Å². The van der Waals surface area contributed by atoms with Crippen LogP contribution in [0.2, 0.25) is 0 Å². The second kappa shape index (κ2) is 11.2. The maximum absolute atomic E-state index is 12.4. The Morgan fingerprint density at radius 3 is 2.26 bits per heavy atom. The predicted molar refractivity (Wildman–Crippen MR) is 117 cm³/mol. The standard InChI is InChI=1S/C23H23N3O5/c1-3-26(15-21(27)31-4-2)20-11-5-16(6-12-20)13-18(14-24)22(28)25-19-9-7-17(8-10-19)23(29)30/h5-13H,3-4,15H2,1-2H3,(H,25,28)(H,29,30)/b18-13-. The van der Waals surface area contributed by atoms with E-state index >= 15 is 0 Å². The average molecular weight is 421 g/mol. The Balaban J connectivity index is 2.11. The van der Waals surface area contributed by atoms with Gasteiger partial charge >= 0.3 is 11.9 Å². The molecule has 0 bridgehead atoms. The summed E-state index contributed by atoms with van der Waals surface area (Å²) in [5, 5.41) is 20.9. The number of carbonyl (C=O) groups excluding carboxylic acids is 2. The molecule has 0 heterocycles. The number of nitrogens with one attached hydrogen (secondary N) is 1. The quantitative estimate of drug-likeness (QED) is 0.362. The van der Waals surface area contributed by atoms with Crippen molar-refractivity contribution in [1.82, 2.24) is 0 Å². The van der Waals surface area contributed by atoms with E-state index in [0.717, 1.165) is 5.69 Å². The number of aromatic carboxylic acids is 1. The highest BCUT2D eigenvalue weighted by Crippen LogP contribution is 2.18. The fourth-order valence-electron chi connectivity index (χ4n) is 2.74. The van der Waals surface area contributed by atoms with Crippen LogP contribution in [0.25, 0.3) is 6.08 Å². The van der Waals surface area contributed by atoms with E-state index in [1.165, 1.54) is 30.3 Å². The maximum atomic E-state index is 12.4. The van der Waals surface area contributed by atoms with Crippen LogP contribution in [0.1, 0.15) is 29.8 Å². The minimum Gasteiger partial charge on any atom is -0.478 e. The number of benzene rings is 2. The first-order valence-corrected chi connectivity index (χ1v) is 9.65. The molecule has 2 aromatic rings. The van der Waals surface area contributed by atoms with Crippen molar-refractivity contribution in [2.24, 2.45) is 0 Å². The lowest BCUT2D eigenvalue weighted by Gasteiger charge is -2.22. The van der Waals surface area contributed by atoms with Crippen molar-refractivity contribution in [3.63, 3.8) is 0 Å². The second-order valence-corrected chi connectivity index (χ2v) is 6.42. The van der Waals surface area contributed by atoms with Gasteiger partial charge in [0.05, 0.1) is 12.2 Å². The lowest BCUT2D eigenvalue weighted by atomic mass is 10.1. The van der Waals surface area contributed by atoms with Crippen LogP contribution in [-0.2, 0) is 14.3 Å². The van der Waals surface area contributed by atoms with E-state index in [1.54, 1.807) is 31.2 Å². The smallest absolute Gasteiger partial charge is 0.335 e. The first-order chi connectivity index (χ1) is 14.9. The van der Waals surface area contributed by atoms with Crippen LogP contribution in [0, 0.1) is 11.3 Å². The van der Waals surface area contributed by atoms with E-state index in [9.17, 15) is 19.6 Å². The van der Waals surface area contributed by atoms with Crippen molar-refractivity contribution in [2.75, 3.05) is 29.9 Å². The SMILES string of the molecule is CCOC(=O)CN(CC)c1ccc(/C=C(/C#N)C(=O)Nc2ccc(C(=O)O)cc2)cc1. The fraction of sp³-hybridized carbons (Fsp3) is 0.217. The molecule has 2 aromatic carbocycles. The minimum absolute atomic E-state index is 0.0956. The number of carboxylic acid groups (broad SMARTS) is 1. The van der Waals surface area contributed by atoms with Crippen LogP contribution in [0.15, 0.2) is 54.1 Å². The number of nitrogens with zero attached hydrogens (tertiary/aromatic N) is 2. The second-order valence-electron chi connectivity index (χ2n) is 6.42. The lowest BCUT2D eigenvalue weighted by molar-refractivity contribution is -0.141. The van der Waals surface area contributed by atoms with Crippen molar-refractivity contribution >= 4 is 35.3 Å². The number of hydrogen-bond donors (Lipinski definition) is 2. The van der Waals surface area contributed by atoms with E-state index in [2.05, 4.69) is 5.32 Å². The van der Waals surface area contributed by atoms with Gasteiger partial charge in [-0.05, 0) is 61.9 Å².